The van der Waals surface area contributed by atoms with E-state index in [0.717, 1.165) is 12.4 Å². The Morgan fingerprint density at radius 1 is 1.54 bits per heavy atom. The number of nitrogen functional groups attached to an aromatic ring is 1. The summed E-state index contributed by atoms with van der Waals surface area (Å²) in [5, 5.41) is 3.38. The van der Waals surface area contributed by atoms with Crippen molar-refractivity contribution < 1.29 is 0 Å². The zero-order valence-corrected chi connectivity index (χ0v) is 7.53. The Balaban J connectivity index is 1.86. The Morgan fingerprint density at radius 2 is 2.38 bits per heavy atom. The number of aromatic nitrogens is 2. The first-order valence-electron chi connectivity index (χ1n) is 4.65. The van der Waals surface area contributed by atoms with E-state index in [4.69, 9.17) is 5.73 Å². The van der Waals surface area contributed by atoms with Gasteiger partial charge in [0.05, 0.1) is 6.54 Å². The molecule has 2 rings (SSSR count). The lowest BCUT2D eigenvalue weighted by atomic mass is 9.93. The van der Waals surface area contributed by atoms with Gasteiger partial charge in [0.15, 0.2) is 0 Å². The van der Waals surface area contributed by atoms with Crippen molar-refractivity contribution in [2.45, 2.75) is 31.8 Å². The van der Waals surface area contributed by atoms with Crippen molar-refractivity contribution >= 4 is 5.82 Å². The van der Waals surface area contributed by atoms with Crippen molar-refractivity contribution in [3.05, 3.63) is 18.1 Å². The lowest BCUT2D eigenvalue weighted by Gasteiger charge is -2.26. The van der Waals surface area contributed by atoms with Gasteiger partial charge in [-0.25, -0.2) is 9.97 Å². The zero-order valence-electron chi connectivity index (χ0n) is 7.53. The average molecular weight is 178 g/mol. The summed E-state index contributed by atoms with van der Waals surface area (Å²) in [6, 6.07) is 2.37. The first-order chi connectivity index (χ1) is 6.34. The molecule has 4 nitrogen and oxygen atoms in total. The molecule has 13 heavy (non-hydrogen) atoms. The fourth-order valence-electron chi connectivity index (χ4n) is 1.35. The summed E-state index contributed by atoms with van der Waals surface area (Å²) < 4.78 is 0. The third-order valence-corrected chi connectivity index (χ3v) is 2.38. The van der Waals surface area contributed by atoms with E-state index in [1.54, 1.807) is 12.3 Å². The Hall–Kier alpha value is -1.16. The van der Waals surface area contributed by atoms with Crippen LogP contribution in [0.3, 0.4) is 0 Å². The average Bonchev–Trinajstić information content (AvgIpc) is 2.01. The van der Waals surface area contributed by atoms with Crippen LogP contribution in [0.4, 0.5) is 5.82 Å². The monoisotopic (exact) mass is 178 g/mol. The van der Waals surface area contributed by atoms with Crippen LogP contribution in [0.2, 0.25) is 0 Å². The van der Waals surface area contributed by atoms with Crippen LogP contribution in [-0.4, -0.2) is 16.0 Å². The van der Waals surface area contributed by atoms with Crippen molar-refractivity contribution in [1.29, 1.82) is 0 Å². The largest absolute Gasteiger partial charge is 0.384 e. The molecule has 4 heteroatoms. The Kier molecular flexibility index (Phi) is 2.40. The number of anilines is 1. The predicted octanol–water partition coefficient (Wildman–Crippen LogP) is 0.701. The highest BCUT2D eigenvalue weighted by atomic mass is 15.0. The van der Waals surface area contributed by atoms with Crippen molar-refractivity contribution in [2.75, 3.05) is 5.73 Å². The van der Waals surface area contributed by atoms with Gasteiger partial charge in [-0.05, 0) is 18.9 Å². The van der Waals surface area contributed by atoms with Crippen LogP contribution in [0.15, 0.2) is 12.3 Å². The quantitative estimate of drug-likeness (QED) is 0.715. The van der Waals surface area contributed by atoms with Gasteiger partial charge in [-0.15, -0.1) is 0 Å². The van der Waals surface area contributed by atoms with E-state index < -0.39 is 0 Å². The summed E-state index contributed by atoms with van der Waals surface area (Å²) in [4.78, 5) is 8.22. The second kappa shape index (κ2) is 3.70. The highest BCUT2D eigenvalue weighted by Crippen LogP contribution is 2.18. The van der Waals surface area contributed by atoms with Gasteiger partial charge in [0.2, 0.25) is 0 Å². The van der Waals surface area contributed by atoms with E-state index in [9.17, 15) is 0 Å². The number of hydrogen-bond donors (Lipinski definition) is 2. The summed E-state index contributed by atoms with van der Waals surface area (Å²) in [6.07, 6.45) is 5.60. The molecule has 0 unspecified atom stereocenters. The highest BCUT2D eigenvalue weighted by molar-refractivity contribution is 5.24. The van der Waals surface area contributed by atoms with Gasteiger partial charge in [0.1, 0.15) is 11.6 Å². The van der Waals surface area contributed by atoms with Crippen LogP contribution in [0.25, 0.3) is 0 Å². The Morgan fingerprint density at radius 3 is 3.00 bits per heavy atom. The molecule has 1 fully saturated rings. The lowest BCUT2D eigenvalue weighted by molar-refractivity contribution is 0.335. The molecule has 0 atom stereocenters. The fourth-order valence-corrected chi connectivity index (χ4v) is 1.35. The summed E-state index contributed by atoms with van der Waals surface area (Å²) >= 11 is 0. The van der Waals surface area contributed by atoms with Crippen LogP contribution in [-0.2, 0) is 6.54 Å². The number of rotatable bonds is 3. The molecule has 0 aliphatic heterocycles. The van der Waals surface area contributed by atoms with Crippen molar-refractivity contribution in [2.24, 2.45) is 0 Å². The molecule has 0 bridgehead atoms. The van der Waals surface area contributed by atoms with E-state index in [1.807, 2.05) is 0 Å². The van der Waals surface area contributed by atoms with Crippen molar-refractivity contribution in [1.82, 2.24) is 15.3 Å². The zero-order chi connectivity index (χ0) is 9.10. The minimum atomic E-state index is 0.542. The number of nitrogens with two attached hydrogens (primary N) is 1. The predicted molar refractivity (Wildman–Crippen MR) is 50.9 cm³/mol. The number of nitrogens with zero attached hydrogens (tertiary/aromatic N) is 2. The molecule has 1 aromatic rings. The van der Waals surface area contributed by atoms with Crippen LogP contribution in [0.1, 0.15) is 25.1 Å². The fraction of sp³-hybridized carbons (Fsp3) is 0.556. The topological polar surface area (TPSA) is 63.8 Å². The minimum Gasteiger partial charge on any atom is -0.384 e. The summed E-state index contributed by atoms with van der Waals surface area (Å²) in [5.74, 6) is 1.33. The summed E-state index contributed by atoms with van der Waals surface area (Å²) in [7, 11) is 0. The van der Waals surface area contributed by atoms with E-state index >= 15 is 0 Å². The van der Waals surface area contributed by atoms with Gasteiger partial charge >= 0.3 is 0 Å². The van der Waals surface area contributed by atoms with Gasteiger partial charge in [0, 0.05) is 12.2 Å². The standard InChI is InChI=1S/C9H14N4/c10-8-4-5-11-9(13-8)6-12-7-2-1-3-7/h4-5,7,12H,1-3,6H2,(H2,10,11,13). The van der Waals surface area contributed by atoms with Gasteiger partial charge in [-0.3, -0.25) is 0 Å². The first-order valence-corrected chi connectivity index (χ1v) is 4.65. The van der Waals surface area contributed by atoms with Crippen LogP contribution < -0.4 is 11.1 Å². The molecular weight excluding hydrogens is 164 g/mol. The molecule has 0 amide bonds. The van der Waals surface area contributed by atoms with Crippen LogP contribution in [0.5, 0.6) is 0 Å². The first kappa shape index (κ1) is 8.44. The molecule has 3 N–H and O–H groups in total. The molecule has 1 heterocycles. The van der Waals surface area contributed by atoms with Crippen molar-refractivity contribution in [3.8, 4) is 0 Å². The molecule has 0 spiro atoms. The van der Waals surface area contributed by atoms with Crippen LogP contribution >= 0.6 is 0 Å². The maximum absolute atomic E-state index is 5.53. The molecule has 1 aliphatic carbocycles. The summed E-state index contributed by atoms with van der Waals surface area (Å²) in [5.41, 5.74) is 5.53. The number of hydrogen-bond acceptors (Lipinski definition) is 4. The SMILES string of the molecule is Nc1ccnc(CNC2CCC2)n1. The molecule has 70 valence electrons. The highest BCUT2D eigenvalue weighted by Gasteiger charge is 2.16. The smallest absolute Gasteiger partial charge is 0.144 e. The second-order valence-corrected chi connectivity index (χ2v) is 3.41. The van der Waals surface area contributed by atoms with Gasteiger partial charge in [-0.1, -0.05) is 6.42 Å². The molecule has 0 aromatic carbocycles. The molecule has 0 saturated heterocycles. The normalized spacial score (nSPS) is 16.9. The van der Waals surface area contributed by atoms with E-state index in [0.29, 0.717) is 11.9 Å². The van der Waals surface area contributed by atoms with E-state index in [-0.39, 0.29) is 0 Å². The van der Waals surface area contributed by atoms with Gasteiger partial charge < -0.3 is 11.1 Å². The second-order valence-electron chi connectivity index (χ2n) is 3.41. The summed E-state index contributed by atoms with van der Waals surface area (Å²) in [6.45, 7) is 0.732. The van der Waals surface area contributed by atoms with E-state index in [1.165, 1.54) is 19.3 Å². The minimum absolute atomic E-state index is 0.542. The molecule has 1 aliphatic rings. The lowest BCUT2D eigenvalue weighted by Crippen LogP contribution is -2.35. The third kappa shape index (κ3) is 2.15. The maximum Gasteiger partial charge on any atom is 0.144 e. The van der Waals surface area contributed by atoms with Gasteiger partial charge in [-0.2, -0.15) is 0 Å². The molecular formula is C9H14N4. The maximum atomic E-state index is 5.53. The Bertz CT molecular complexity index is 283. The Labute approximate surface area is 77.6 Å². The van der Waals surface area contributed by atoms with Gasteiger partial charge in [0.25, 0.3) is 0 Å². The molecule has 1 saturated carbocycles. The van der Waals surface area contributed by atoms with Crippen LogP contribution in [0, 0.1) is 0 Å². The molecule has 0 radical (unpaired) electrons. The number of nitrogens with one attached hydrogen (secondary N) is 1. The molecule has 1 aromatic heterocycles. The third-order valence-electron chi connectivity index (χ3n) is 2.38. The van der Waals surface area contributed by atoms with Crippen molar-refractivity contribution in [3.63, 3.8) is 0 Å². The van der Waals surface area contributed by atoms with E-state index in [2.05, 4.69) is 15.3 Å².